The highest BCUT2D eigenvalue weighted by molar-refractivity contribution is 5.86. The molecule has 0 radical (unpaired) electrons. The molecule has 0 atom stereocenters. The molecular weight excluding hydrogens is 386 g/mol. The third-order valence-electron chi connectivity index (χ3n) is 5.91. The van der Waals surface area contributed by atoms with Gasteiger partial charge in [-0.05, 0) is 62.3 Å². The molecule has 156 valence electrons. The number of allylic oxidation sites excluding steroid dienone is 1. The maximum absolute atomic E-state index is 14.0. The van der Waals surface area contributed by atoms with Crippen molar-refractivity contribution in [2.75, 3.05) is 11.9 Å². The average molecular weight is 410 g/mol. The molecule has 0 unspecified atom stereocenters. The van der Waals surface area contributed by atoms with Crippen LogP contribution in [0.5, 0.6) is 0 Å². The molecule has 1 aromatic carbocycles. The second-order valence-corrected chi connectivity index (χ2v) is 8.06. The van der Waals surface area contributed by atoms with Crippen LogP contribution in [0, 0.1) is 5.92 Å². The average Bonchev–Trinajstić information content (AvgIpc) is 3.56. The number of aromatic nitrogens is 5. The minimum Gasteiger partial charge on any atom is -0.348 e. The second-order valence-electron chi connectivity index (χ2n) is 8.06. The summed E-state index contributed by atoms with van der Waals surface area (Å²) in [5.74, 6) is -2.92. The van der Waals surface area contributed by atoms with Gasteiger partial charge in [0.25, 0.3) is 5.92 Å². The van der Waals surface area contributed by atoms with Gasteiger partial charge in [0, 0.05) is 24.2 Å². The molecule has 6 nitrogen and oxygen atoms in total. The lowest BCUT2D eigenvalue weighted by Gasteiger charge is -2.17. The lowest BCUT2D eigenvalue weighted by atomic mass is 9.97. The van der Waals surface area contributed by atoms with E-state index in [2.05, 4.69) is 37.7 Å². The van der Waals surface area contributed by atoms with Gasteiger partial charge in [-0.2, -0.15) is 0 Å². The topological polar surface area (TPSA) is 68.5 Å². The van der Waals surface area contributed by atoms with Crippen LogP contribution in [0.4, 0.5) is 14.7 Å². The first-order chi connectivity index (χ1) is 14.5. The summed E-state index contributed by atoms with van der Waals surface area (Å²) in [5, 5.41) is 11.1. The number of benzene rings is 1. The Morgan fingerprint density at radius 2 is 2.13 bits per heavy atom. The summed E-state index contributed by atoms with van der Waals surface area (Å²) >= 11 is 0. The van der Waals surface area contributed by atoms with Crippen LogP contribution < -0.4 is 5.32 Å². The molecule has 0 amide bonds. The number of hydrogen-bond donors (Lipinski definition) is 1. The number of nitrogens with zero attached hydrogens (tertiary/aromatic N) is 5. The van der Waals surface area contributed by atoms with Crippen LogP contribution in [0.2, 0.25) is 0 Å². The molecule has 0 saturated heterocycles. The van der Waals surface area contributed by atoms with Gasteiger partial charge in [0.15, 0.2) is 0 Å². The largest absolute Gasteiger partial charge is 0.348 e. The summed E-state index contributed by atoms with van der Waals surface area (Å²) in [6.07, 6.45) is 7.86. The minimum atomic E-state index is -2.70. The van der Waals surface area contributed by atoms with E-state index in [1.165, 1.54) is 0 Å². The Hall–Kier alpha value is -2.90. The summed E-state index contributed by atoms with van der Waals surface area (Å²) in [6.45, 7) is 2.37. The summed E-state index contributed by atoms with van der Waals surface area (Å²) in [6, 6.07) is 6.12. The van der Waals surface area contributed by atoms with Gasteiger partial charge < -0.3 is 5.32 Å². The zero-order chi connectivity index (χ0) is 20.7. The molecule has 2 heterocycles. The Morgan fingerprint density at radius 3 is 2.93 bits per heavy atom. The van der Waals surface area contributed by atoms with Gasteiger partial charge in [0.1, 0.15) is 5.52 Å². The van der Waals surface area contributed by atoms with E-state index in [-0.39, 0.29) is 5.95 Å². The molecule has 3 aromatic rings. The molecule has 2 aromatic heterocycles. The molecule has 8 heteroatoms. The van der Waals surface area contributed by atoms with Gasteiger partial charge in [-0.15, -0.1) is 5.10 Å². The highest BCUT2D eigenvalue weighted by Crippen LogP contribution is 2.43. The molecule has 30 heavy (non-hydrogen) atoms. The second kappa shape index (κ2) is 7.41. The fraction of sp³-hybridized carbons (Fsp3) is 0.455. The first-order valence-corrected chi connectivity index (χ1v) is 10.6. The van der Waals surface area contributed by atoms with Gasteiger partial charge in [0.05, 0.1) is 17.8 Å². The number of aryl methyl sites for hydroxylation is 2. The number of rotatable bonds is 6. The Bertz CT molecular complexity index is 1120. The monoisotopic (exact) mass is 410 g/mol. The predicted octanol–water partition coefficient (Wildman–Crippen LogP) is 4.47. The van der Waals surface area contributed by atoms with Crippen LogP contribution in [0.25, 0.3) is 16.6 Å². The van der Waals surface area contributed by atoms with E-state index < -0.39 is 18.4 Å². The van der Waals surface area contributed by atoms with Gasteiger partial charge in [-0.1, -0.05) is 17.4 Å². The van der Waals surface area contributed by atoms with E-state index in [1.807, 2.05) is 23.7 Å². The van der Waals surface area contributed by atoms with E-state index >= 15 is 0 Å². The first-order valence-electron chi connectivity index (χ1n) is 10.6. The Morgan fingerprint density at radius 1 is 1.27 bits per heavy atom. The quantitative estimate of drug-likeness (QED) is 0.650. The zero-order valence-corrected chi connectivity index (χ0v) is 16.9. The van der Waals surface area contributed by atoms with E-state index in [0.717, 1.165) is 59.2 Å². The molecular formula is C22H24F2N6. The third-order valence-corrected chi connectivity index (χ3v) is 5.91. The fourth-order valence-corrected chi connectivity index (χ4v) is 4.03. The van der Waals surface area contributed by atoms with Gasteiger partial charge in [0.2, 0.25) is 5.95 Å². The van der Waals surface area contributed by atoms with Crippen LogP contribution in [0.15, 0.2) is 30.5 Å². The maximum Gasteiger partial charge on any atom is 0.267 e. The van der Waals surface area contributed by atoms with Crippen molar-refractivity contribution in [3.63, 3.8) is 0 Å². The highest BCUT2D eigenvalue weighted by Gasteiger charge is 2.46. The fourth-order valence-electron chi connectivity index (χ4n) is 4.03. The Balaban J connectivity index is 1.45. The van der Waals surface area contributed by atoms with Gasteiger partial charge in [-0.3, -0.25) is 0 Å². The van der Waals surface area contributed by atoms with E-state index in [1.54, 1.807) is 6.20 Å². The van der Waals surface area contributed by atoms with Crippen LogP contribution in [-0.2, 0) is 13.0 Å². The molecule has 0 aliphatic heterocycles. The van der Waals surface area contributed by atoms with E-state index in [0.29, 0.717) is 12.8 Å². The summed E-state index contributed by atoms with van der Waals surface area (Å²) in [7, 11) is 0. The van der Waals surface area contributed by atoms with Crippen molar-refractivity contribution in [2.24, 2.45) is 5.92 Å². The molecule has 2 aliphatic rings. The number of halogens is 2. The number of nitrogens with one attached hydrogen (secondary N) is 1. The van der Waals surface area contributed by atoms with Crippen LogP contribution in [-0.4, -0.2) is 37.4 Å². The van der Waals surface area contributed by atoms with Crippen LogP contribution in [0.1, 0.15) is 49.4 Å². The van der Waals surface area contributed by atoms with Crippen molar-refractivity contribution in [1.82, 2.24) is 25.0 Å². The lowest BCUT2D eigenvalue weighted by molar-refractivity contribution is -0.00832. The van der Waals surface area contributed by atoms with Crippen molar-refractivity contribution in [2.45, 2.75) is 51.5 Å². The van der Waals surface area contributed by atoms with Crippen molar-refractivity contribution < 1.29 is 8.78 Å². The van der Waals surface area contributed by atoms with Gasteiger partial charge >= 0.3 is 0 Å². The molecule has 2 aliphatic carbocycles. The highest BCUT2D eigenvalue weighted by atomic mass is 19.3. The predicted molar refractivity (Wildman–Crippen MR) is 111 cm³/mol. The summed E-state index contributed by atoms with van der Waals surface area (Å²) in [4.78, 5) is 8.94. The van der Waals surface area contributed by atoms with E-state index in [4.69, 9.17) is 0 Å². The van der Waals surface area contributed by atoms with Crippen molar-refractivity contribution in [3.05, 3.63) is 47.3 Å². The Labute approximate surface area is 173 Å². The standard InChI is InChI=1S/C22H24F2N6/c1-2-30-20-11-14(7-10-19(20)28-29-30)16-5-3-4-6-18-17(16)12-25-21(27-18)26-13-22(23,24)15-8-9-15/h5,7,10-12,15H,2-4,6,8-9,13H2,1H3,(H,25,26,27). The Kier molecular flexibility index (Phi) is 4.72. The smallest absolute Gasteiger partial charge is 0.267 e. The normalized spacial score (nSPS) is 16.8. The van der Waals surface area contributed by atoms with Crippen molar-refractivity contribution in [3.8, 4) is 0 Å². The lowest BCUT2D eigenvalue weighted by Crippen LogP contribution is -2.30. The molecule has 5 rings (SSSR count). The van der Waals surface area contributed by atoms with Crippen molar-refractivity contribution in [1.29, 1.82) is 0 Å². The zero-order valence-electron chi connectivity index (χ0n) is 16.9. The number of anilines is 1. The molecule has 1 N–H and O–H groups in total. The third kappa shape index (κ3) is 3.55. The van der Waals surface area contributed by atoms with E-state index in [9.17, 15) is 8.78 Å². The summed E-state index contributed by atoms with van der Waals surface area (Å²) < 4.78 is 29.9. The molecule has 0 bridgehead atoms. The number of hydrogen-bond acceptors (Lipinski definition) is 5. The van der Waals surface area contributed by atoms with Crippen LogP contribution >= 0.6 is 0 Å². The number of fused-ring (bicyclic) bond motifs is 2. The molecule has 1 fully saturated rings. The SMILES string of the molecule is CCn1nnc2ccc(C3=CCCCc4nc(NCC(F)(F)C5CC5)ncc43)cc21. The van der Waals surface area contributed by atoms with Gasteiger partial charge in [-0.25, -0.2) is 23.4 Å². The van der Waals surface area contributed by atoms with Crippen molar-refractivity contribution >= 4 is 22.6 Å². The minimum absolute atomic E-state index is 0.277. The molecule has 0 spiro atoms. The van der Waals surface area contributed by atoms with Crippen LogP contribution in [0.3, 0.4) is 0 Å². The first kappa shape index (κ1) is 19.1. The number of alkyl halides is 2. The maximum atomic E-state index is 14.0. The molecule has 1 saturated carbocycles. The summed E-state index contributed by atoms with van der Waals surface area (Å²) in [5.41, 5.74) is 5.84.